The molecule has 1 amide bonds. The minimum absolute atomic E-state index is 0. The van der Waals surface area contributed by atoms with E-state index >= 15 is 0 Å². The van der Waals surface area contributed by atoms with Crippen molar-refractivity contribution in [2.24, 2.45) is 4.99 Å². The number of hydrogen-bond acceptors (Lipinski definition) is 3. The van der Waals surface area contributed by atoms with E-state index in [1.165, 1.54) is 12.8 Å². The summed E-state index contributed by atoms with van der Waals surface area (Å²) in [4.78, 5) is 18.9. The summed E-state index contributed by atoms with van der Waals surface area (Å²) >= 11 is 0. The highest BCUT2D eigenvalue weighted by Crippen LogP contribution is 2.29. The monoisotopic (exact) mass is 477 g/mol. The number of carbonyl (C=O) groups is 1. The Kier molecular flexibility index (Phi) is 8.72. The highest BCUT2D eigenvalue weighted by molar-refractivity contribution is 14.0. The van der Waals surface area contributed by atoms with Gasteiger partial charge in [-0.25, -0.2) is 0 Å². The summed E-state index contributed by atoms with van der Waals surface area (Å²) < 4.78 is 36.8. The van der Waals surface area contributed by atoms with E-state index in [1.54, 1.807) is 7.05 Å². The van der Waals surface area contributed by atoms with Gasteiger partial charge < -0.3 is 20.4 Å². The largest absolute Gasteiger partial charge is 0.406 e. The Balaban J connectivity index is 0.00000312. The molecule has 0 unspecified atom stereocenters. The van der Waals surface area contributed by atoms with Gasteiger partial charge in [-0.1, -0.05) is 0 Å². The zero-order valence-corrected chi connectivity index (χ0v) is 16.9. The van der Waals surface area contributed by atoms with Crippen molar-refractivity contribution in [1.82, 2.24) is 20.4 Å². The standard InChI is InChI=1S/C15H26F3N5O.HI/c1-19-14(20-9-13(24)22(2)10-15(16,17)18)21-11-5-7-23(8-6-11)12-3-4-12;/h11-12H,3-10H2,1-2H3,(H2,19,20,21);1H. The number of guanidine groups is 1. The normalized spacial score (nSPS) is 20.0. The summed E-state index contributed by atoms with van der Waals surface area (Å²) in [6.07, 6.45) is 0.210. The van der Waals surface area contributed by atoms with Crippen LogP contribution in [0.25, 0.3) is 0 Å². The number of halogens is 4. The molecule has 2 N–H and O–H groups in total. The number of piperidine rings is 1. The van der Waals surface area contributed by atoms with E-state index < -0.39 is 18.6 Å². The first-order valence-corrected chi connectivity index (χ1v) is 8.30. The fourth-order valence-electron chi connectivity index (χ4n) is 2.89. The molecule has 0 aromatic heterocycles. The highest BCUT2D eigenvalue weighted by atomic mass is 127. The van der Waals surface area contributed by atoms with Crippen LogP contribution in [0.4, 0.5) is 13.2 Å². The second-order valence-corrected chi connectivity index (χ2v) is 6.48. The van der Waals surface area contributed by atoms with Crippen molar-refractivity contribution in [2.45, 2.75) is 43.9 Å². The average molecular weight is 477 g/mol. The average Bonchev–Trinajstić information content (AvgIpc) is 3.34. The number of nitrogens with one attached hydrogen (secondary N) is 2. The van der Waals surface area contributed by atoms with Crippen LogP contribution in [0, 0.1) is 0 Å². The number of nitrogens with zero attached hydrogens (tertiary/aromatic N) is 3. The molecule has 2 fully saturated rings. The molecule has 1 heterocycles. The van der Waals surface area contributed by atoms with E-state index in [-0.39, 0.29) is 36.6 Å². The topological polar surface area (TPSA) is 60.0 Å². The molecule has 0 aromatic rings. The minimum atomic E-state index is -4.39. The molecule has 0 spiro atoms. The molecule has 0 aromatic carbocycles. The first kappa shape index (κ1) is 22.3. The molecule has 10 heteroatoms. The highest BCUT2D eigenvalue weighted by Gasteiger charge is 2.32. The van der Waals surface area contributed by atoms with Crippen molar-refractivity contribution in [2.75, 3.05) is 40.3 Å². The van der Waals surface area contributed by atoms with Crippen LogP contribution in [0.5, 0.6) is 0 Å². The lowest BCUT2D eigenvalue weighted by Crippen LogP contribution is -2.51. The number of alkyl halides is 3. The van der Waals surface area contributed by atoms with Gasteiger partial charge in [-0.2, -0.15) is 13.2 Å². The molecular weight excluding hydrogens is 450 g/mol. The molecule has 25 heavy (non-hydrogen) atoms. The molecule has 0 bridgehead atoms. The van der Waals surface area contributed by atoms with Gasteiger partial charge in [0.15, 0.2) is 5.96 Å². The third-order valence-electron chi connectivity index (χ3n) is 4.41. The Hall–Kier alpha value is -0.780. The third-order valence-corrected chi connectivity index (χ3v) is 4.41. The minimum Gasteiger partial charge on any atom is -0.354 e. The third kappa shape index (κ3) is 7.97. The number of likely N-dealkylation sites (N-methyl/N-ethyl adjacent to an activating group) is 1. The molecule has 0 radical (unpaired) electrons. The maximum atomic E-state index is 12.3. The maximum absolute atomic E-state index is 12.3. The number of likely N-dealkylation sites (tertiary alicyclic amines) is 1. The molecule has 2 rings (SSSR count). The Labute approximate surface area is 163 Å². The summed E-state index contributed by atoms with van der Waals surface area (Å²) in [5, 5.41) is 6.04. The lowest BCUT2D eigenvalue weighted by Gasteiger charge is -2.33. The van der Waals surface area contributed by atoms with Crippen molar-refractivity contribution in [1.29, 1.82) is 0 Å². The van der Waals surface area contributed by atoms with Gasteiger partial charge in [0, 0.05) is 39.3 Å². The fraction of sp³-hybridized carbons (Fsp3) is 0.867. The molecule has 146 valence electrons. The molecule has 1 saturated carbocycles. The van der Waals surface area contributed by atoms with Gasteiger partial charge in [0.1, 0.15) is 6.54 Å². The lowest BCUT2D eigenvalue weighted by molar-refractivity contribution is -0.157. The predicted molar refractivity (Wildman–Crippen MR) is 101 cm³/mol. The van der Waals surface area contributed by atoms with Crippen LogP contribution in [0.2, 0.25) is 0 Å². The number of aliphatic imine (C=N–C) groups is 1. The van der Waals surface area contributed by atoms with E-state index in [4.69, 9.17) is 0 Å². The summed E-state index contributed by atoms with van der Waals surface area (Å²) in [7, 11) is 2.72. The predicted octanol–water partition coefficient (Wildman–Crippen LogP) is 1.42. The van der Waals surface area contributed by atoms with E-state index in [9.17, 15) is 18.0 Å². The van der Waals surface area contributed by atoms with Gasteiger partial charge in [0.25, 0.3) is 0 Å². The summed E-state index contributed by atoms with van der Waals surface area (Å²) in [6, 6.07) is 1.04. The molecule has 1 saturated heterocycles. The van der Waals surface area contributed by atoms with Crippen LogP contribution in [-0.2, 0) is 4.79 Å². The van der Waals surface area contributed by atoms with E-state index in [0.29, 0.717) is 10.9 Å². The quantitative estimate of drug-likeness (QED) is 0.358. The van der Waals surface area contributed by atoms with Gasteiger partial charge in [-0.3, -0.25) is 9.79 Å². The van der Waals surface area contributed by atoms with Crippen molar-refractivity contribution < 1.29 is 18.0 Å². The molecule has 6 nitrogen and oxygen atoms in total. The number of amides is 1. The fourth-order valence-corrected chi connectivity index (χ4v) is 2.89. The van der Waals surface area contributed by atoms with Crippen molar-refractivity contribution in [3.8, 4) is 0 Å². The number of hydrogen-bond donors (Lipinski definition) is 2. The van der Waals surface area contributed by atoms with Gasteiger partial charge in [-0.15, -0.1) is 24.0 Å². The van der Waals surface area contributed by atoms with Crippen LogP contribution in [0.15, 0.2) is 4.99 Å². The Morgan fingerprint density at radius 3 is 2.32 bits per heavy atom. The zero-order chi connectivity index (χ0) is 17.7. The van der Waals surface area contributed by atoms with Crippen LogP contribution < -0.4 is 10.6 Å². The van der Waals surface area contributed by atoms with Crippen LogP contribution >= 0.6 is 24.0 Å². The first-order chi connectivity index (χ1) is 11.3. The lowest BCUT2D eigenvalue weighted by atomic mass is 10.1. The van der Waals surface area contributed by atoms with E-state index in [1.807, 2.05) is 0 Å². The van der Waals surface area contributed by atoms with Crippen molar-refractivity contribution in [3.05, 3.63) is 0 Å². The maximum Gasteiger partial charge on any atom is 0.406 e. The zero-order valence-electron chi connectivity index (χ0n) is 14.6. The number of carbonyl (C=O) groups excluding carboxylic acids is 1. The molecule has 1 aliphatic heterocycles. The van der Waals surface area contributed by atoms with Gasteiger partial charge in [0.05, 0.1) is 6.54 Å². The van der Waals surface area contributed by atoms with Crippen molar-refractivity contribution >= 4 is 35.8 Å². The van der Waals surface area contributed by atoms with Gasteiger partial charge in [0.2, 0.25) is 5.91 Å². The first-order valence-electron chi connectivity index (χ1n) is 8.30. The van der Waals surface area contributed by atoms with Gasteiger partial charge >= 0.3 is 6.18 Å². The molecule has 0 atom stereocenters. The second kappa shape index (κ2) is 9.79. The van der Waals surface area contributed by atoms with Gasteiger partial charge in [-0.05, 0) is 25.7 Å². The summed E-state index contributed by atoms with van der Waals surface area (Å²) in [6.45, 7) is 0.630. The van der Waals surface area contributed by atoms with Crippen LogP contribution in [0.3, 0.4) is 0 Å². The van der Waals surface area contributed by atoms with Crippen LogP contribution in [0.1, 0.15) is 25.7 Å². The SMILES string of the molecule is CN=C(NCC(=O)N(C)CC(F)(F)F)NC1CCN(C2CC2)CC1.I. The Bertz CT molecular complexity index is 463. The molecular formula is C15H27F3IN5O. The second-order valence-electron chi connectivity index (χ2n) is 6.48. The Morgan fingerprint density at radius 1 is 1.24 bits per heavy atom. The summed E-state index contributed by atoms with van der Waals surface area (Å²) in [5.74, 6) is -0.174. The smallest absolute Gasteiger partial charge is 0.354 e. The Morgan fingerprint density at radius 2 is 1.84 bits per heavy atom. The van der Waals surface area contributed by atoms with E-state index in [2.05, 4.69) is 20.5 Å². The summed E-state index contributed by atoms with van der Waals surface area (Å²) in [5.41, 5.74) is 0. The number of rotatable bonds is 5. The molecule has 1 aliphatic carbocycles. The molecule has 2 aliphatic rings. The van der Waals surface area contributed by atoms with Crippen molar-refractivity contribution in [3.63, 3.8) is 0 Å². The van der Waals surface area contributed by atoms with E-state index in [0.717, 1.165) is 39.0 Å². The van der Waals surface area contributed by atoms with Crippen LogP contribution in [-0.4, -0.2) is 80.2 Å².